The Morgan fingerprint density at radius 3 is 2.37 bits per heavy atom. The lowest BCUT2D eigenvalue weighted by Crippen LogP contribution is -2.52. The number of anilines is 3. The number of piperidine rings is 3. The summed E-state index contributed by atoms with van der Waals surface area (Å²) >= 11 is 0. The molecule has 8 heterocycles. The number of Topliss-reactive ketones (excluding diaryl/α,β-unsaturated/α-hetero) is 1. The molecule has 1 aliphatic carbocycles. The summed E-state index contributed by atoms with van der Waals surface area (Å²) < 4.78 is 1.72. The molecule has 3 saturated heterocycles. The van der Waals surface area contributed by atoms with E-state index in [1.807, 2.05) is 30.6 Å². The van der Waals surface area contributed by atoms with E-state index < -0.39 is 17.6 Å². The van der Waals surface area contributed by atoms with Gasteiger partial charge < -0.3 is 20.2 Å². The number of imide groups is 1. The lowest BCUT2D eigenvalue weighted by atomic mass is 9.83. The number of ketones is 1. The lowest BCUT2D eigenvalue weighted by molar-refractivity contribution is -0.136. The van der Waals surface area contributed by atoms with Gasteiger partial charge in [0.25, 0.3) is 11.5 Å². The van der Waals surface area contributed by atoms with E-state index in [0.717, 1.165) is 86.2 Å². The monoisotopic (exact) mass is 878 g/mol. The quantitative estimate of drug-likeness (QED) is 0.116. The van der Waals surface area contributed by atoms with Gasteiger partial charge in [0.2, 0.25) is 17.8 Å². The van der Waals surface area contributed by atoms with Crippen LogP contribution >= 0.6 is 0 Å². The summed E-state index contributed by atoms with van der Waals surface area (Å²) in [4.78, 5) is 88.6. The number of benzene rings is 1. The van der Waals surface area contributed by atoms with E-state index in [-0.39, 0.29) is 47.7 Å². The molecule has 4 aliphatic heterocycles. The predicted molar refractivity (Wildman–Crippen MR) is 243 cm³/mol. The van der Waals surface area contributed by atoms with E-state index >= 15 is 0 Å². The molecule has 5 aromatic rings. The molecule has 336 valence electrons. The standard InChI is InChI=1S/C49H54N10O6/c1-29-38-26-52-48(55-44(38)59(35-5-3-4-6-35)47(64)43(29)30(2)60)53-41-13-9-36(25-51-41)57-19-15-32(16-20-57)39-11-7-31(24-50-39)27-56-21-17-49(65,18-22-56)34-8-10-37-33(23-34)28-58(46(37)63)40-12-14-42(61)54-45(40)62/h7-11,13,23-26,32,35,40,65H,3-6,12,14-22,27-28H2,1-2H3,(H,54,61,62)(H,51,52,53,55). The Hall–Kier alpha value is -6.39. The van der Waals surface area contributed by atoms with Gasteiger partial charge in [0.05, 0.1) is 23.0 Å². The van der Waals surface area contributed by atoms with Crippen LogP contribution in [0.1, 0.15) is 132 Å². The highest BCUT2D eigenvalue weighted by molar-refractivity contribution is 6.05. The van der Waals surface area contributed by atoms with Gasteiger partial charge in [-0.15, -0.1) is 0 Å². The van der Waals surface area contributed by atoms with Gasteiger partial charge in [-0.1, -0.05) is 31.0 Å². The van der Waals surface area contributed by atoms with Crippen molar-refractivity contribution >= 4 is 52.0 Å². The molecular formula is C49H54N10O6. The number of aliphatic hydroxyl groups is 1. The minimum atomic E-state index is -1.01. The van der Waals surface area contributed by atoms with E-state index in [2.05, 4.69) is 48.6 Å². The van der Waals surface area contributed by atoms with Gasteiger partial charge >= 0.3 is 0 Å². The fraction of sp³-hybridized carbons (Fsp3) is 0.449. The van der Waals surface area contributed by atoms with Crippen molar-refractivity contribution in [1.29, 1.82) is 0 Å². The van der Waals surface area contributed by atoms with Crippen molar-refractivity contribution in [3.63, 3.8) is 0 Å². The van der Waals surface area contributed by atoms with Gasteiger partial charge in [-0.2, -0.15) is 4.98 Å². The van der Waals surface area contributed by atoms with Gasteiger partial charge in [-0.25, -0.2) is 9.97 Å². The fourth-order valence-electron chi connectivity index (χ4n) is 10.8. The summed E-state index contributed by atoms with van der Waals surface area (Å²) in [5, 5.41) is 18.1. The maximum atomic E-state index is 13.6. The zero-order valence-corrected chi connectivity index (χ0v) is 36.9. The van der Waals surface area contributed by atoms with Crippen molar-refractivity contribution in [3.05, 3.63) is 110 Å². The molecule has 16 heteroatoms. The number of hydrogen-bond acceptors (Lipinski definition) is 13. The highest BCUT2D eigenvalue weighted by Crippen LogP contribution is 2.38. The highest BCUT2D eigenvalue weighted by atomic mass is 16.3. The number of carbonyl (C=O) groups excluding carboxylic acids is 4. The van der Waals surface area contributed by atoms with Crippen LogP contribution in [0.4, 0.5) is 17.5 Å². The number of aryl methyl sites for hydroxylation is 1. The first kappa shape index (κ1) is 42.6. The van der Waals surface area contributed by atoms with Crippen LogP contribution in [-0.2, 0) is 28.3 Å². The fourth-order valence-corrected chi connectivity index (χ4v) is 10.8. The number of amides is 3. The third-order valence-electron chi connectivity index (χ3n) is 14.5. The second-order valence-electron chi connectivity index (χ2n) is 18.6. The van der Waals surface area contributed by atoms with Crippen LogP contribution in [0.15, 0.2) is 65.8 Å². The molecule has 1 saturated carbocycles. The van der Waals surface area contributed by atoms with E-state index in [0.29, 0.717) is 72.2 Å². The SMILES string of the molecule is CC(=O)c1c(C)c2cnc(Nc3ccc(N4CCC(c5ccc(CN6CCC(O)(c7ccc8c(c7)CN(C7CCC(=O)NC7=O)C8=O)CC6)cn5)CC4)cn3)nc2n(C2CCCC2)c1=O. The maximum Gasteiger partial charge on any atom is 0.263 e. The van der Waals surface area contributed by atoms with Crippen LogP contribution < -0.4 is 21.1 Å². The number of nitrogens with one attached hydrogen (secondary N) is 2. The normalized spacial score (nSPS) is 20.7. The second kappa shape index (κ2) is 17.2. The Balaban J connectivity index is 0.712. The number of hydrogen-bond donors (Lipinski definition) is 3. The van der Waals surface area contributed by atoms with Crippen molar-refractivity contribution in [3.8, 4) is 0 Å². The molecule has 3 N–H and O–H groups in total. The largest absolute Gasteiger partial charge is 0.385 e. The van der Waals surface area contributed by atoms with Crippen LogP contribution in [0, 0.1) is 6.92 Å². The Bertz CT molecular complexity index is 2750. The molecule has 0 bridgehead atoms. The summed E-state index contributed by atoms with van der Waals surface area (Å²) in [6.07, 6.45) is 13.0. The van der Waals surface area contributed by atoms with Crippen LogP contribution in [0.2, 0.25) is 0 Å². The van der Waals surface area contributed by atoms with Crippen LogP contribution in [0.25, 0.3) is 11.0 Å². The summed E-state index contributed by atoms with van der Waals surface area (Å²) in [7, 11) is 0. The third kappa shape index (κ3) is 8.18. The van der Waals surface area contributed by atoms with Crippen LogP contribution in [-0.4, -0.2) is 95.1 Å². The Kier molecular flexibility index (Phi) is 11.3. The minimum Gasteiger partial charge on any atom is -0.385 e. The molecule has 1 unspecified atom stereocenters. The molecule has 1 aromatic carbocycles. The number of likely N-dealkylation sites (tertiary alicyclic amines) is 1. The maximum absolute atomic E-state index is 13.6. The highest BCUT2D eigenvalue weighted by Gasteiger charge is 2.41. The first-order valence-corrected chi connectivity index (χ1v) is 23.0. The average Bonchev–Trinajstić information content (AvgIpc) is 3.95. The van der Waals surface area contributed by atoms with Gasteiger partial charge in [-0.3, -0.25) is 43.7 Å². The molecule has 16 nitrogen and oxygen atoms in total. The summed E-state index contributed by atoms with van der Waals surface area (Å²) in [5.74, 6) is 0.1000. The van der Waals surface area contributed by atoms with E-state index in [1.54, 1.807) is 28.7 Å². The smallest absolute Gasteiger partial charge is 0.263 e. The molecule has 0 spiro atoms. The van der Waals surface area contributed by atoms with Crippen LogP contribution in [0.3, 0.4) is 0 Å². The number of carbonyl (C=O) groups is 4. The van der Waals surface area contributed by atoms with Crippen molar-refractivity contribution in [2.24, 2.45) is 0 Å². The number of pyridine rings is 3. The Morgan fingerprint density at radius 1 is 0.892 bits per heavy atom. The predicted octanol–water partition coefficient (Wildman–Crippen LogP) is 5.58. The van der Waals surface area contributed by atoms with Gasteiger partial charge in [0, 0.05) is 86.7 Å². The Morgan fingerprint density at radius 2 is 1.68 bits per heavy atom. The number of rotatable bonds is 10. The second-order valence-corrected chi connectivity index (χ2v) is 18.6. The zero-order chi connectivity index (χ0) is 45.0. The third-order valence-corrected chi connectivity index (χ3v) is 14.5. The van der Waals surface area contributed by atoms with Gasteiger partial charge in [0.15, 0.2) is 5.78 Å². The summed E-state index contributed by atoms with van der Waals surface area (Å²) in [5.41, 5.74) is 5.50. The van der Waals surface area contributed by atoms with E-state index in [9.17, 15) is 29.1 Å². The van der Waals surface area contributed by atoms with Gasteiger partial charge in [0.1, 0.15) is 17.5 Å². The molecule has 65 heavy (non-hydrogen) atoms. The van der Waals surface area contributed by atoms with Crippen molar-refractivity contribution in [2.45, 2.75) is 115 Å². The molecule has 4 aromatic heterocycles. The van der Waals surface area contributed by atoms with Crippen LogP contribution in [0.5, 0.6) is 0 Å². The van der Waals surface area contributed by atoms with E-state index in [1.165, 1.54) is 6.92 Å². The average molecular weight is 879 g/mol. The molecule has 4 fully saturated rings. The molecule has 10 rings (SSSR count). The minimum absolute atomic E-state index is 0.00554. The van der Waals surface area contributed by atoms with E-state index in [4.69, 9.17) is 9.97 Å². The zero-order valence-electron chi connectivity index (χ0n) is 36.9. The summed E-state index contributed by atoms with van der Waals surface area (Å²) in [6, 6.07) is 13.2. The first-order chi connectivity index (χ1) is 31.4. The number of aromatic nitrogens is 5. The Labute approximate surface area is 376 Å². The molecule has 0 radical (unpaired) electrons. The molecular weight excluding hydrogens is 825 g/mol. The molecule has 5 aliphatic rings. The summed E-state index contributed by atoms with van der Waals surface area (Å²) in [6.45, 7) is 7.45. The number of nitrogens with zero attached hydrogens (tertiary/aromatic N) is 8. The molecule has 1 atom stereocenters. The lowest BCUT2D eigenvalue weighted by Gasteiger charge is -2.38. The first-order valence-electron chi connectivity index (χ1n) is 23.0. The van der Waals surface area contributed by atoms with Gasteiger partial charge in [-0.05, 0) is 105 Å². The van der Waals surface area contributed by atoms with Crippen molar-refractivity contribution < 1.29 is 24.3 Å². The van der Waals surface area contributed by atoms with Crippen molar-refractivity contribution in [1.82, 2.24) is 39.6 Å². The topological polar surface area (TPSA) is 196 Å². The molecule has 3 amide bonds. The number of fused-ring (bicyclic) bond motifs is 2. The van der Waals surface area contributed by atoms with Crippen molar-refractivity contribution in [2.75, 3.05) is 36.4 Å².